The molecule has 0 aliphatic heterocycles. The highest BCUT2D eigenvalue weighted by Gasteiger charge is 2.28. The first-order valence-corrected chi connectivity index (χ1v) is 10.9. The first kappa shape index (κ1) is 23.7. The molecule has 0 saturated heterocycles. The van der Waals surface area contributed by atoms with Crippen LogP contribution in [-0.4, -0.2) is 33.7 Å². The van der Waals surface area contributed by atoms with Gasteiger partial charge < -0.3 is 20.1 Å². The molecule has 0 aromatic heterocycles. The predicted octanol–water partition coefficient (Wildman–Crippen LogP) is 5.35. The van der Waals surface area contributed by atoms with Crippen molar-refractivity contribution in [3.05, 3.63) is 59.7 Å². The van der Waals surface area contributed by atoms with Crippen molar-refractivity contribution in [1.82, 2.24) is 4.90 Å². The van der Waals surface area contributed by atoms with Crippen molar-refractivity contribution in [1.29, 1.82) is 0 Å². The lowest BCUT2D eigenvalue weighted by Gasteiger charge is -2.32. The number of hydrogen-bond acceptors (Lipinski definition) is 3. The van der Waals surface area contributed by atoms with Gasteiger partial charge in [0.1, 0.15) is 11.8 Å². The largest absolute Gasteiger partial charge is 0.494 e. The lowest BCUT2D eigenvalue weighted by Crippen LogP contribution is -2.47. The van der Waals surface area contributed by atoms with E-state index in [1.165, 1.54) is 5.56 Å². The van der Waals surface area contributed by atoms with E-state index in [0.717, 1.165) is 23.4 Å². The zero-order valence-corrected chi connectivity index (χ0v) is 19.0. The van der Waals surface area contributed by atoms with E-state index in [0.29, 0.717) is 24.7 Å². The standard InChI is InChI=1S/C24H32N2O3S/c1-5-18-7-11-20(12-8-18)25-24(30)26(22(23(27)28)15-17(3)4)16-19-9-13-21(14-10-19)29-6-2/h7-14,17,22H,5-6,15-16H2,1-4H3,(H,25,30)(H,27,28). The van der Waals surface area contributed by atoms with Crippen molar-refractivity contribution >= 4 is 29.0 Å². The van der Waals surface area contributed by atoms with Gasteiger partial charge in [-0.25, -0.2) is 4.79 Å². The summed E-state index contributed by atoms with van der Waals surface area (Å²) in [6.45, 7) is 9.09. The molecule has 2 N–H and O–H groups in total. The van der Waals surface area contributed by atoms with E-state index in [-0.39, 0.29) is 5.92 Å². The predicted molar refractivity (Wildman–Crippen MR) is 126 cm³/mol. The van der Waals surface area contributed by atoms with Crippen LogP contribution in [0.3, 0.4) is 0 Å². The van der Waals surface area contributed by atoms with Crippen molar-refractivity contribution in [3.8, 4) is 5.75 Å². The Bertz CT molecular complexity index is 819. The van der Waals surface area contributed by atoms with E-state index < -0.39 is 12.0 Å². The summed E-state index contributed by atoms with van der Waals surface area (Å²) in [7, 11) is 0. The van der Waals surface area contributed by atoms with Crippen LogP contribution >= 0.6 is 12.2 Å². The molecule has 0 aliphatic rings. The normalized spacial score (nSPS) is 11.8. The molecule has 2 aromatic rings. The van der Waals surface area contributed by atoms with Crippen LogP contribution in [0.5, 0.6) is 5.75 Å². The summed E-state index contributed by atoms with van der Waals surface area (Å²) < 4.78 is 5.50. The van der Waals surface area contributed by atoms with Gasteiger partial charge in [-0.3, -0.25) is 0 Å². The number of ether oxygens (including phenoxy) is 1. The summed E-state index contributed by atoms with van der Waals surface area (Å²) in [5, 5.41) is 13.5. The minimum atomic E-state index is -0.875. The third-order valence-electron chi connectivity index (χ3n) is 4.82. The van der Waals surface area contributed by atoms with Crippen molar-refractivity contribution in [2.24, 2.45) is 5.92 Å². The number of nitrogens with zero attached hydrogens (tertiary/aromatic N) is 1. The summed E-state index contributed by atoms with van der Waals surface area (Å²) in [6.07, 6.45) is 1.47. The zero-order chi connectivity index (χ0) is 22.1. The van der Waals surface area contributed by atoms with Crippen LogP contribution < -0.4 is 10.1 Å². The Morgan fingerprint density at radius 2 is 1.67 bits per heavy atom. The summed E-state index contributed by atoms with van der Waals surface area (Å²) in [5.74, 6) is 0.141. The number of nitrogens with one attached hydrogen (secondary N) is 1. The maximum Gasteiger partial charge on any atom is 0.326 e. The van der Waals surface area contributed by atoms with Crippen LogP contribution in [-0.2, 0) is 17.8 Å². The average molecular weight is 429 g/mol. The molecule has 0 spiro atoms. The Morgan fingerprint density at radius 3 is 2.17 bits per heavy atom. The zero-order valence-electron chi connectivity index (χ0n) is 18.2. The molecule has 0 fully saturated rings. The molecule has 0 bridgehead atoms. The number of anilines is 1. The number of carboxylic acid groups (broad SMARTS) is 1. The van der Waals surface area contributed by atoms with E-state index in [2.05, 4.69) is 12.2 Å². The molecular weight excluding hydrogens is 396 g/mol. The number of carbonyl (C=O) groups is 1. The van der Waals surface area contributed by atoms with Crippen molar-refractivity contribution < 1.29 is 14.6 Å². The molecule has 5 nitrogen and oxygen atoms in total. The van der Waals surface area contributed by atoms with E-state index in [1.54, 1.807) is 4.90 Å². The first-order valence-electron chi connectivity index (χ1n) is 10.4. The number of aliphatic carboxylic acids is 1. The van der Waals surface area contributed by atoms with Crippen LogP contribution in [0.1, 0.15) is 45.2 Å². The molecular formula is C24H32N2O3S. The fraction of sp³-hybridized carbons (Fsp3) is 0.417. The minimum absolute atomic E-state index is 0.223. The molecule has 2 rings (SSSR count). The van der Waals surface area contributed by atoms with Gasteiger partial charge in [-0.05, 0) is 73.3 Å². The Labute approximate surface area is 185 Å². The second-order valence-electron chi connectivity index (χ2n) is 7.67. The van der Waals surface area contributed by atoms with Crippen molar-refractivity contribution in [2.45, 2.75) is 53.1 Å². The summed E-state index contributed by atoms with van der Waals surface area (Å²) in [5.41, 5.74) is 3.06. The first-order chi connectivity index (χ1) is 14.3. The molecule has 6 heteroatoms. The molecule has 1 atom stereocenters. The van der Waals surface area contributed by atoms with Crippen LogP contribution in [0.25, 0.3) is 0 Å². The topological polar surface area (TPSA) is 61.8 Å². The Hall–Kier alpha value is -2.60. The average Bonchev–Trinajstić information content (AvgIpc) is 2.72. The maximum absolute atomic E-state index is 12.1. The fourth-order valence-corrected chi connectivity index (χ4v) is 3.51. The second-order valence-corrected chi connectivity index (χ2v) is 8.06. The Balaban J connectivity index is 2.26. The summed E-state index contributed by atoms with van der Waals surface area (Å²) in [4.78, 5) is 13.9. The minimum Gasteiger partial charge on any atom is -0.494 e. The highest BCUT2D eigenvalue weighted by molar-refractivity contribution is 7.80. The van der Waals surface area contributed by atoms with Crippen LogP contribution in [0.4, 0.5) is 5.69 Å². The smallest absolute Gasteiger partial charge is 0.326 e. The van der Waals surface area contributed by atoms with Crippen molar-refractivity contribution in [3.63, 3.8) is 0 Å². The van der Waals surface area contributed by atoms with Gasteiger partial charge in [0.2, 0.25) is 0 Å². The van der Waals surface area contributed by atoms with E-state index in [4.69, 9.17) is 17.0 Å². The lowest BCUT2D eigenvalue weighted by atomic mass is 10.0. The van der Waals surface area contributed by atoms with Gasteiger partial charge in [-0.2, -0.15) is 0 Å². The molecule has 0 radical (unpaired) electrons. The lowest BCUT2D eigenvalue weighted by molar-refractivity contribution is -0.142. The molecule has 0 heterocycles. The van der Waals surface area contributed by atoms with Gasteiger partial charge in [0.05, 0.1) is 6.61 Å². The van der Waals surface area contributed by atoms with E-state index in [1.807, 2.05) is 69.3 Å². The number of carboxylic acids is 1. The third-order valence-corrected chi connectivity index (χ3v) is 5.15. The van der Waals surface area contributed by atoms with Crippen molar-refractivity contribution in [2.75, 3.05) is 11.9 Å². The highest BCUT2D eigenvalue weighted by Crippen LogP contribution is 2.20. The van der Waals surface area contributed by atoms with Crippen LogP contribution in [0.2, 0.25) is 0 Å². The van der Waals surface area contributed by atoms with Gasteiger partial charge in [-0.1, -0.05) is 45.0 Å². The van der Waals surface area contributed by atoms with Gasteiger partial charge in [0.25, 0.3) is 0 Å². The third kappa shape index (κ3) is 7.02. The molecule has 0 saturated carbocycles. The second kappa shape index (κ2) is 11.6. The number of thiocarbonyl (C=S) groups is 1. The molecule has 162 valence electrons. The number of benzene rings is 2. The number of hydrogen-bond donors (Lipinski definition) is 2. The molecule has 0 amide bonds. The highest BCUT2D eigenvalue weighted by atomic mass is 32.1. The summed E-state index contributed by atoms with van der Waals surface area (Å²) >= 11 is 5.66. The molecule has 0 aliphatic carbocycles. The van der Waals surface area contributed by atoms with Crippen LogP contribution in [0.15, 0.2) is 48.5 Å². The summed E-state index contributed by atoms with van der Waals surface area (Å²) in [6, 6.07) is 15.0. The quantitative estimate of drug-likeness (QED) is 0.498. The molecule has 2 aromatic carbocycles. The molecule has 1 unspecified atom stereocenters. The Kier molecular flexibility index (Phi) is 9.12. The number of rotatable bonds is 10. The van der Waals surface area contributed by atoms with Gasteiger partial charge >= 0.3 is 5.97 Å². The van der Waals surface area contributed by atoms with Gasteiger partial charge in [0, 0.05) is 12.2 Å². The maximum atomic E-state index is 12.1. The van der Waals surface area contributed by atoms with E-state index in [9.17, 15) is 9.90 Å². The van der Waals surface area contributed by atoms with Crippen LogP contribution in [0, 0.1) is 5.92 Å². The Morgan fingerprint density at radius 1 is 1.07 bits per heavy atom. The fourth-order valence-electron chi connectivity index (χ4n) is 3.20. The van der Waals surface area contributed by atoms with Gasteiger partial charge in [-0.15, -0.1) is 0 Å². The molecule has 30 heavy (non-hydrogen) atoms. The van der Waals surface area contributed by atoms with Gasteiger partial charge in [0.15, 0.2) is 5.11 Å². The monoisotopic (exact) mass is 428 g/mol. The number of aryl methyl sites for hydroxylation is 1. The van der Waals surface area contributed by atoms with E-state index >= 15 is 0 Å². The SMILES string of the molecule is CCOc1ccc(CN(C(=S)Nc2ccc(CC)cc2)C(CC(C)C)C(=O)O)cc1.